The molecule has 4 nitrogen and oxygen atoms in total. The van der Waals surface area contributed by atoms with Crippen LogP contribution in [0.1, 0.15) is 16.1 Å². The van der Waals surface area contributed by atoms with Gasteiger partial charge in [0.25, 0.3) is 5.91 Å². The van der Waals surface area contributed by atoms with E-state index in [0.717, 1.165) is 30.6 Å². The summed E-state index contributed by atoms with van der Waals surface area (Å²) < 4.78 is 50.2. The Kier molecular flexibility index (Phi) is 3.64. The zero-order chi connectivity index (χ0) is 14.8. The Balaban J connectivity index is 2.15. The minimum Gasteiger partial charge on any atom is -0.320 e. The van der Waals surface area contributed by atoms with Gasteiger partial charge in [-0.15, -0.1) is 0 Å². The normalized spacial score (nSPS) is 11.2. The second-order valence-corrected chi connectivity index (χ2v) is 3.74. The van der Waals surface area contributed by atoms with Crippen molar-refractivity contribution in [1.29, 1.82) is 0 Å². The Labute approximate surface area is 110 Å². The van der Waals surface area contributed by atoms with Crippen molar-refractivity contribution in [3.63, 3.8) is 0 Å². The number of carbonyl (C=O) groups is 1. The zero-order valence-corrected chi connectivity index (χ0v) is 9.78. The molecule has 104 valence electrons. The van der Waals surface area contributed by atoms with Crippen molar-refractivity contribution in [3.8, 4) is 0 Å². The van der Waals surface area contributed by atoms with Crippen LogP contribution in [0.5, 0.6) is 0 Å². The summed E-state index contributed by atoms with van der Waals surface area (Å²) in [5, 5.41) is 2.24. The van der Waals surface area contributed by atoms with Crippen LogP contribution in [-0.2, 0) is 6.18 Å². The molecular formula is C12H7F4N3O. The molecular weight excluding hydrogens is 278 g/mol. The van der Waals surface area contributed by atoms with Crippen molar-refractivity contribution >= 4 is 11.6 Å². The van der Waals surface area contributed by atoms with Crippen molar-refractivity contribution in [3.05, 3.63) is 53.9 Å². The van der Waals surface area contributed by atoms with Crippen LogP contribution in [0.3, 0.4) is 0 Å². The molecule has 0 aliphatic heterocycles. The number of anilines is 1. The number of hydrogen-bond donors (Lipinski definition) is 1. The number of alkyl halides is 3. The van der Waals surface area contributed by atoms with Gasteiger partial charge in [0.2, 0.25) is 0 Å². The van der Waals surface area contributed by atoms with Gasteiger partial charge in [-0.3, -0.25) is 9.78 Å². The molecule has 0 bridgehead atoms. The van der Waals surface area contributed by atoms with Crippen LogP contribution in [0.2, 0.25) is 0 Å². The summed E-state index contributed by atoms with van der Waals surface area (Å²) in [6.07, 6.45) is -1.62. The molecule has 0 spiro atoms. The SMILES string of the molecule is O=C(Nc1ccc(C(F)(F)F)nc1)c1ccncc1F. The quantitative estimate of drug-likeness (QED) is 0.863. The number of hydrogen-bond acceptors (Lipinski definition) is 3. The third-order valence-corrected chi connectivity index (χ3v) is 2.33. The first kappa shape index (κ1) is 13.9. The van der Waals surface area contributed by atoms with E-state index in [4.69, 9.17) is 0 Å². The Morgan fingerprint density at radius 1 is 1.15 bits per heavy atom. The van der Waals surface area contributed by atoms with Gasteiger partial charge in [0.1, 0.15) is 5.69 Å². The van der Waals surface area contributed by atoms with E-state index in [1.165, 1.54) is 6.20 Å². The summed E-state index contributed by atoms with van der Waals surface area (Å²) in [7, 11) is 0. The van der Waals surface area contributed by atoms with Crippen molar-refractivity contribution in [2.45, 2.75) is 6.18 Å². The van der Waals surface area contributed by atoms with Crippen LogP contribution in [-0.4, -0.2) is 15.9 Å². The smallest absolute Gasteiger partial charge is 0.320 e. The van der Waals surface area contributed by atoms with E-state index in [-0.39, 0.29) is 11.3 Å². The third kappa shape index (κ3) is 3.08. The molecule has 0 aromatic carbocycles. The van der Waals surface area contributed by atoms with E-state index < -0.39 is 23.6 Å². The van der Waals surface area contributed by atoms with E-state index in [9.17, 15) is 22.4 Å². The lowest BCUT2D eigenvalue weighted by atomic mass is 10.2. The molecule has 0 aliphatic carbocycles. The van der Waals surface area contributed by atoms with Crippen LogP contribution in [0.15, 0.2) is 36.8 Å². The van der Waals surface area contributed by atoms with Gasteiger partial charge in [0, 0.05) is 6.20 Å². The van der Waals surface area contributed by atoms with Crippen molar-refractivity contribution in [2.75, 3.05) is 5.32 Å². The molecule has 0 radical (unpaired) electrons. The zero-order valence-electron chi connectivity index (χ0n) is 9.78. The largest absolute Gasteiger partial charge is 0.433 e. The average molecular weight is 285 g/mol. The summed E-state index contributed by atoms with van der Waals surface area (Å²) in [4.78, 5) is 18.3. The van der Waals surface area contributed by atoms with Gasteiger partial charge in [-0.05, 0) is 18.2 Å². The third-order valence-electron chi connectivity index (χ3n) is 2.33. The highest BCUT2D eigenvalue weighted by Gasteiger charge is 2.32. The minimum atomic E-state index is -4.56. The molecule has 0 saturated heterocycles. The Morgan fingerprint density at radius 2 is 1.90 bits per heavy atom. The predicted molar refractivity (Wildman–Crippen MR) is 61.4 cm³/mol. The van der Waals surface area contributed by atoms with Gasteiger partial charge in [-0.2, -0.15) is 13.2 Å². The number of amides is 1. The molecule has 2 heterocycles. The predicted octanol–water partition coefficient (Wildman–Crippen LogP) is 2.89. The molecule has 2 aromatic heterocycles. The highest BCUT2D eigenvalue weighted by molar-refractivity contribution is 6.04. The average Bonchev–Trinajstić information content (AvgIpc) is 2.38. The maximum atomic E-state index is 13.3. The Morgan fingerprint density at radius 3 is 2.45 bits per heavy atom. The minimum absolute atomic E-state index is 0.0270. The Bertz CT molecular complexity index is 625. The molecule has 20 heavy (non-hydrogen) atoms. The van der Waals surface area contributed by atoms with Crippen LogP contribution in [0.25, 0.3) is 0 Å². The molecule has 0 fully saturated rings. The molecule has 2 rings (SSSR count). The first-order valence-corrected chi connectivity index (χ1v) is 5.32. The summed E-state index contributed by atoms with van der Waals surface area (Å²) in [6.45, 7) is 0. The van der Waals surface area contributed by atoms with Crippen LogP contribution in [0.4, 0.5) is 23.2 Å². The van der Waals surface area contributed by atoms with E-state index in [1.54, 1.807) is 0 Å². The fourth-order valence-corrected chi connectivity index (χ4v) is 1.39. The van der Waals surface area contributed by atoms with Crippen LogP contribution in [0, 0.1) is 5.82 Å². The van der Waals surface area contributed by atoms with Crippen molar-refractivity contribution in [1.82, 2.24) is 9.97 Å². The first-order chi connectivity index (χ1) is 9.38. The molecule has 0 saturated carbocycles. The van der Waals surface area contributed by atoms with Gasteiger partial charge in [-0.25, -0.2) is 9.37 Å². The molecule has 0 unspecified atom stereocenters. The highest BCUT2D eigenvalue weighted by atomic mass is 19.4. The van der Waals surface area contributed by atoms with E-state index in [1.807, 2.05) is 0 Å². The van der Waals surface area contributed by atoms with E-state index >= 15 is 0 Å². The van der Waals surface area contributed by atoms with E-state index in [2.05, 4.69) is 15.3 Å². The maximum Gasteiger partial charge on any atom is 0.433 e. The Hall–Kier alpha value is -2.51. The lowest BCUT2D eigenvalue weighted by Crippen LogP contribution is -2.15. The van der Waals surface area contributed by atoms with Crippen LogP contribution < -0.4 is 5.32 Å². The van der Waals surface area contributed by atoms with Gasteiger partial charge in [-0.1, -0.05) is 0 Å². The van der Waals surface area contributed by atoms with Gasteiger partial charge < -0.3 is 5.32 Å². The monoisotopic (exact) mass is 285 g/mol. The fraction of sp³-hybridized carbons (Fsp3) is 0.0833. The molecule has 1 N–H and O–H groups in total. The topological polar surface area (TPSA) is 54.9 Å². The van der Waals surface area contributed by atoms with Gasteiger partial charge in [0.15, 0.2) is 5.82 Å². The summed E-state index contributed by atoms with van der Waals surface area (Å²) in [6, 6.07) is 2.91. The highest BCUT2D eigenvalue weighted by Crippen LogP contribution is 2.27. The van der Waals surface area contributed by atoms with Crippen molar-refractivity contribution < 1.29 is 22.4 Å². The first-order valence-electron chi connectivity index (χ1n) is 5.32. The fourth-order valence-electron chi connectivity index (χ4n) is 1.39. The van der Waals surface area contributed by atoms with Crippen LogP contribution >= 0.6 is 0 Å². The number of aromatic nitrogens is 2. The number of halogens is 4. The van der Waals surface area contributed by atoms with Gasteiger partial charge in [0.05, 0.1) is 23.6 Å². The molecule has 8 heteroatoms. The summed E-state index contributed by atoms with van der Waals surface area (Å²) in [5.41, 5.74) is -1.32. The number of carbonyl (C=O) groups excluding carboxylic acids is 1. The molecule has 1 amide bonds. The number of rotatable bonds is 2. The number of nitrogens with one attached hydrogen (secondary N) is 1. The lowest BCUT2D eigenvalue weighted by Gasteiger charge is -2.08. The lowest BCUT2D eigenvalue weighted by molar-refractivity contribution is -0.141. The number of nitrogens with zero attached hydrogens (tertiary/aromatic N) is 2. The number of pyridine rings is 2. The second kappa shape index (κ2) is 5.24. The molecule has 0 aliphatic rings. The van der Waals surface area contributed by atoms with E-state index in [0.29, 0.717) is 0 Å². The summed E-state index contributed by atoms with van der Waals surface area (Å²) in [5.74, 6) is -1.63. The second-order valence-electron chi connectivity index (χ2n) is 3.74. The van der Waals surface area contributed by atoms with Gasteiger partial charge >= 0.3 is 6.18 Å². The summed E-state index contributed by atoms with van der Waals surface area (Å²) >= 11 is 0. The maximum absolute atomic E-state index is 13.3. The standard InChI is InChI=1S/C12H7F4N3O/c13-9-6-17-4-3-8(9)11(20)19-7-1-2-10(18-5-7)12(14,15)16/h1-6H,(H,19,20). The van der Waals surface area contributed by atoms with Crippen molar-refractivity contribution in [2.24, 2.45) is 0 Å². The molecule has 2 aromatic rings. The molecule has 0 atom stereocenters.